The van der Waals surface area contributed by atoms with Crippen LogP contribution in [0.1, 0.15) is 29.0 Å². The van der Waals surface area contributed by atoms with Crippen molar-refractivity contribution in [2.75, 3.05) is 4.90 Å². The van der Waals surface area contributed by atoms with Crippen LogP contribution in [0.5, 0.6) is 5.75 Å². The Kier molecular flexibility index (Phi) is 4.92. The van der Waals surface area contributed by atoms with Crippen molar-refractivity contribution in [3.8, 4) is 11.4 Å². The second kappa shape index (κ2) is 7.89. The summed E-state index contributed by atoms with van der Waals surface area (Å²) in [6.07, 6.45) is 3.88. The van der Waals surface area contributed by atoms with Gasteiger partial charge >= 0.3 is 0 Å². The minimum absolute atomic E-state index is 0.122. The van der Waals surface area contributed by atoms with Crippen LogP contribution >= 0.6 is 12.2 Å². The Morgan fingerprint density at radius 2 is 1.65 bits per heavy atom. The number of thiocarbonyl (C=S) groups is 1. The molecular weight excluding hydrogens is 404 g/mol. The summed E-state index contributed by atoms with van der Waals surface area (Å²) in [6, 6.07) is 25.5. The Morgan fingerprint density at radius 3 is 2.35 bits per heavy atom. The fraction of sp³-hybridized carbons (Fsp3) is 0.120. The van der Waals surface area contributed by atoms with Gasteiger partial charge in [0.15, 0.2) is 5.11 Å². The highest BCUT2D eigenvalue weighted by atomic mass is 32.1. The SMILES string of the molecule is Cc1ccc(-n2cccc2[C@H]2[C@H](c3ccccn3)NC(=S)N2c2ccc(O)cc2)cc1. The highest BCUT2D eigenvalue weighted by molar-refractivity contribution is 7.80. The molecule has 0 amide bonds. The van der Waals surface area contributed by atoms with E-state index < -0.39 is 0 Å². The number of anilines is 1. The molecule has 154 valence electrons. The molecule has 2 aromatic carbocycles. The van der Waals surface area contributed by atoms with Gasteiger partial charge in [0.05, 0.1) is 11.7 Å². The lowest BCUT2D eigenvalue weighted by molar-refractivity contribution is 0.475. The Labute approximate surface area is 186 Å². The molecule has 5 nitrogen and oxygen atoms in total. The minimum atomic E-state index is -0.124. The summed E-state index contributed by atoms with van der Waals surface area (Å²) < 4.78 is 2.20. The normalized spacial score (nSPS) is 18.2. The molecule has 0 aliphatic carbocycles. The molecule has 0 saturated carbocycles. The van der Waals surface area contributed by atoms with E-state index in [4.69, 9.17) is 12.2 Å². The van der Waals surface area contributed by atoms with Gasteiger partial charge in [-0.3, -0.25) is 4.98 Å². The molecule has 1 aliphatic heterocycles. The van der Waals surface area contributed by atoms with Gasteiger partial charge in [-0.1, -0.05) is 23.8 Å². The van der Waals surface area contributed by atoms with Crippen LogP contribution in [0.2, 0.25) is 0 Å². The van der Waals surface area contributed by atoms with Crippen LogP contribution in [0.4, 0.5) is 5.69 Å². The van der Waals surface area contributed by atoms with Crippen molar-refractivity contribution in [2.24, 2.45) is 0 Å². The number of nitrogens with zero attached hydrogens (tertiary/aromatic N) is 3. The zero-order chi connectivity index (χ0) is 21.4. The van der Waals surface area contributed by atoms with Gasteiger partial charge < -0.3 is 19.9 Å². The van der Waals surface area contributed by atoms with E-state index >= 15 is 0 Å². The molecule has 0 unspecified atom stereocenters. The summed E-state index contributed by atoms with van der Waals surface area (Å²) in [5.41, 5.74) is 5.25. The summed E-state index contributed by atoms with van der Waals surface area (Å²) in [5, 5.41) is 13.9. The average Bonchev–Trinajstić information content (AvgIpc) is 3.40. The smallest absolute Gasteiger partial charge is 0.174 e. The van der Waals surface area contributed by atoms with Crippen LogP contribution < -0.4 is 10.2 Å². The molecular formula is C25H22N4OS. The molecule has 5 rings (SSSR count). The number of pyridine rings is 1. The van der Waals surface area contributed by atoms with Crippen molar-refractivity contribution >= 4 is 23.0 Å². The van der Waals surface area contributed by atoms with Gasteiger partial charge in [-0.05, 0) is 79.8 Å². The third-order valence-corrected chi connectivity index (χ3v) is 5.94. The van der Waals surface area contributed by atoms with Gasteiger partial charge in [0.25, 0.3) is 0 Å². The number of nitrogens with one attached hydrogen (secondary N) is 1. The maximum Gasteiger partial charge on any atom is 0.174 e. The summed E-state index contributed by atoms with van der Waals surface area (Å²) in [6.45, 7) is 2.09. The van der Waals surface area contributed by atoms with E-state index in [1.54, 1.807) is 18.3 Å². The van der Waals surface area contributed by atoms with E-state index in [9.17, 15) is 5.11 Å². The lowest BCUT2D eigenvalue weighted by Crippen LogP contribution is -2.30. The molecule has 0 spiro atoms. The van der Waals surface area contributed by atoms with E-state index in [1.807, 2.05) is 30.3 Å². The molecule has 2 N–H and O–H groups in total. The van der Waals surface area contributed by atoms with Crippen LogP contribution in [0.3, 0.4) is 0 Å². The zero-order valence-electron chi connectivity index (χ0n) is 17.0. The maximum atomic E-state index is 9.78. The first-order valence-corrected chi connectivity index (χ1v) is 10.6. The molecule has 2 aromatic heterocycles. The highest BCUT2D eigenvalue weighted by Gasteiger charge is 2.42. The fourth-order valence-electron chi connectivity index (χ4n) is 4.12. The lowest BCUT2D eigenvalue weighted by Gasteiger charge is -2.29. The molecule has 31 heavy (non-hydrogen) atoms. The quantitative estimate of drug-likeness (QED) is 0.447. The van der Waals surface area contributed by atoms with Crippen molar-refractivity contribution in [1.82, 2.24) is 14.9 Å². The molecule has 6 heteroatoms. The predicted octanol–water partition coefficient (Wildman–Crippen LogP) is 5.06. The molecule has 0 bridgehead atoms. The van der Waals surface area contributed by atoms with Crippen molar-refractivity contribution in [2.45, 2.75) is 19.0 Å². The molecule has 3 heterocycles. The van der Waals surface area contributed by atoms with E-state index in [1.165, 1.54) is 5.56 Å². The van der Waals surface area contributed by atoms with E-state index in [2.05, 4.69) is 69.3 Å². The summed E-state index contributed by atoms with van der Waals surface area (Å²) in [4.78, 5) is 6.72. The third-order valence-electron chi connectivity index (χ3n) is 5.62. The number of benzene rings is 2. The van der Waals surface area contributed by atoms with Gasteiger partial charge in [-0.25, -0.2) is 0 Å². The molecule has 1 aliphatic rings. The fourth-order valence-corrected chi connectivity index (χ4v) is 4.47. The topological polar surface area (TPSA) is 53.3 Å². The third kappa shape index (κ3) is 3.55. The number of rotatable bonds is 4. The largest absolute Gasteiger partial charge is 0.508 e. The molecule has 1 saturated heterocycles. The number of phenols is 1. The van der Waals surface area contributed by atoms with Gasteiger partial charge in [0.1, 0.15) is 11.8 Å². The Balaban J connectivity index is 1.66. The van der Waals surface area contributed by atoms with Gasteiger partial charge in [0, 0.05) is 29.5 Å². The van der Waals surface area contributed by atoms with Crippen LogP contribution in [-0.4, -0.2) is 19.8 Å². The molecule has 1 fully saturated rings. The molecule has 4 aromatic rings. The first kappa shape index (κ1) is 19.3. The highest BCUT2D eigenvalue weighted by Crippen LogP contribution is 2.42. The van der Waals surface area contributed by atoms with E-state index in [-0.39, 0.29) is 17.8 Å². The van der Waals surface area contributed by atoms with Crippen molar-refractivity contribution in [1.29, 1.82) is 0 Å². The zero-order valence-corrected chi connectivity index (χ0v) is 17.8. The first-order chi connectivity index (χ1) is 15.1. The van der Waals surface area contributed by atoms with Crippen molar-refractivity contribution < 1.29 is 5.11 Å². The Bertz CT molecular complexity index is 1200. The van der Waals surface area contributed by atoms with Gasteiger partial charge in [0.2, 0.25) is 0 Å². The van der Waals surface area contributed by atoms with Crippen LogP contribution in [0.25, 0.3) is 5.69 Å². The summed E-state index contributed by atoms with van der Waals surface area (Å²) >= 11 is 5.78. The van der Waals surface area contributed by atoms with Crippen LogP contribution in [0, 0.1) is 6.92 Å². The number of hydrogen-bond donors (Lipinski definition) is 2. The number of aromatic nitrogens is 2. The summed E-state index contributed by atoms with van der Waals surface area (Å²) in [5.74, 6) is 0.225. The number of phenolic OH excluding ortho intramolecular Hbond substituents is 1. The first-order valence-electron chi connectivity index (χ1n) is 10.2. The Morgan fingerprint density at radius 1 is 0.903 bits per heavy atom. The van der Waals surface area contributed by atoms with Crippen LogP contribution in [-0.2, 0) is 0 Å². The molecule has 2 atom stereocenters. The summed E-state index contributed by atoms with van der Waals surface area (Å²) in [7, 11) is 0. The van der Waals surface area contributed by atoms with E-state index in [0.29, 0.717) is 5.11 Å². The second-order valence-electron chi connectivity index (χ2n) is 7.65. The maximum absolute atomic E-state index is 9.78. The lowest BCUT2D eigenvalue weighted by atomic mass is 10.0. The number of aromatic hydroxyl groups is 1. The minimum Gasteiger partial charge on any atom is -0.508 e. The monoisotopic (exact) mass is 426 g/mol. The number of aryl methyl sites for hydroxylation is 1. The van der Waals surface area contributed by atoms with Crippen LogP contribution in [0.15, 0.2) is 91.3 Å². The number of hydrogen-bond acceptors (Lipinski definition) is 3. The predicted molar refractivity (Wildman–Crippen MR) is 127 cm³/mol. The van der Waals surface area contributed by atoms with E-state index in [0.717, 1.165) is 22.8 Å². The van der Waals surface area contributed by atoms with Gasteiger partial charge in [-0.15, -0.1) is 0 Å². The second-order valence-corrected chi connectivity index (χ2v) is 8.04. The van der Waals surface area contributed by atoms with Gasteiger partial charge in [-0.2, -0.15) is 0 Å². The Hall–Kier alpha value is -3.64. The molecule has 0 radical (unpaired) electrons. The van der Waals surface area contributed by atoms with Crippen molar-refractivity contribution in [3.05, 3.63) is 108 Å². The standard InChI is InChI=1S/C25H22N4OS/c1-17-7-9-18(10-8-17)28-16-4-6-22(28)24-23(21-5-2-3-15-26-21)27-25(31)29(24)19-11-13-20(30)14-12-19/h2-16,23-24,30H,1H3,(H,27,31)/t23-,24-/m0/s1. The average molecular weight is 427 g/mol. The van der Waals surface area contributed by atoms with Crippen molar-refractivity contribution in [3.63, 3.8) is 0 Å².